The first-order chi connectivity index (χ1) is 8.25. The third-order valence-corrected chi connectivity index (χ3v) is 4.11. The molecule has 2 heteroatoms. The summed E-state index contributed by atoms with van der Waals surface area (Å²) in [4.78, 5) is 3.36. The number of fused-ring (bicyclic) bond motifs is 1. The van der Waals surface area contributed by atoms with Crippen molar-refractivity contribution in [3.8, 4) is 0 Å². The fourth-order valence-corrected chi connectivity index (χ4v) is 3.07. The van der Waals surface area contributed by atoms with Gasteiger partial charge in [0, 0.05) is 17.1 Å². The van der Waals surface area contributed by atoms with Gasteiger partial charge in [-0.3, -0.25) is 0 Å². The fraction of sp³-hybridized carbons (Fsp3) is 0.467. The molecule has 2 unspecified atom stereocenters. The number of aromatic amines is 1. The largest absolute Gasteiger partial charge is 0.393 e. The maximum atomic E-state index is 9.90. The molecule has 1 aliphatic rings. The second kappa shape index (κ2) is 4.19. The van der Waals surface area contributed by atoms with E-state index in [9.17, 15) is 5.11 Å². The van der Waals surface area contributed by atoms with Crippen LogP contribution in [0.15, 0.2) is 24.4 Å². The standard InChI is InChI=1S/C15H19NO/c1-10-4-2-6-13-12(9-16-15(10)13)8-11-5-3-7-14(11)17/h2,4,6,9,11,14,16-17H,3,5,7-8H2,1H3. The number of para-hydroxylation sites is 1. The number of aliphatic hydroxyl groups excluding tert-OH is 1. The molecule has 1 fully saturated rings. The Balaban J connectivity index is 1.93. The highest BCUT2D eigenvalue weighted by Gasteiger charge is 2.25. The highest BCUT2D eigenvalue weighted by Crippen LogP contribution is 2.31. The van der Waals surface area contributed by atoms with Crippen LogP contribution in [0.25, 0.3) is 10.9 Å². The van der Waals surface area contributed by atoms with Crippen molar-refractivity contribution in [1.29, 1.82) is 0 Å². The maximum Gasteiger partial charge on any atom is 0.0571 e. The minimum Gasteiger partial charge on any atom is -0.393 e. The molecular formula is C15H19NO. The number of rotatable bonds is 2. The van der Waals surface area contributed by atoms with Gasteiger partial charge in [-0.05, 0) is 43.2 Å². The van der Waals surface area contributed by atoms with E-state index in [4.69, 9.17) is 0 Å². The van der Waals surface area contributed by atoms with Gasteiger partial charge >= 0.3 is 0 Å². The summed E-state index contributed by atoms with van der Waals surface area (Å²) >= 11 is 0. The number of aryl methyl sites for hydroxylation is 1. The number of hydrogen-bond donors (Lipinski definition) is 2. The van der Waals surface area contributed by atoms with Crippen molar-refractivity contribution in [3.63, 3.8) is 0 Å². The summed E-state index contributed by atoms with van der Waals surface area (Å²) in [5.74, 6) is 0.453. The molecule has 90 valence electrons. The molecule has 1 saturated carbocycles. The smallest absolute Gasteiger partial charge is 0.0571 e. The average molecular weight is 229 g/mol. The van der Waals surface area contributed by atoms with Crippen molar-refractivity contribution in [3.05, 3.63) is 35.5 Å². The Morgan fingerprint density at radius 2 is 2.24 bits per heavy atom. The van der Waals surface area contributed by atoms with E-state index in [0.29, 0.717) is 5.92 Å². The molecule has 0 amide bonds. The number of benzene rings is 1. The van der Waals surface area contributed by atoms with Crippen molar-refractivity contribution in [1.82, 2.24) is 4.98 Å². The van der Waals surface area contributed by atoms with Crippen molar-refractivity contribution in [2.75, 3.05) is 0 Å². The lowest BCUT2D eigenvalue weighted by molar-refractivity contribution is 0.133. The van der Waals surface area contributed by atoms with Crippen molar-refractivity contribution >= 4 is 10.9 Å². The van der Waals surface area contributed by atoms with E-state index in [-0.39, 0.29) is 6.10 Å². The number of H-pyrrole nitrogens is 1. The Kier molecular flexibility index (Phi) is 2.67. The number of hydrogen-bond acceptors (Lipinski definition) is 1. The third-order valence-electron chi connectivity index (χ3n) is 4.11. The first-order valence-corrected chi connectivity index (χ1v) is 6.49. The summed E-state index contributed by atoms with van der Waals surface area (Å²) in [6.45, 7) is 2.13. The van der Waals surface area contributed by atoms with Crippen LogP contribution >= 0.6 is 0 Å². The molecule has 1 aromatic carbocycles. The minimum atomic E-state index is -0.0928. The molecule has 3 rings (SSSR count). The highest BCUT2D eigenvalue weighted by molar-refractivity contribution is 5.85. The van der Waals surface area contributed by atoms with E-state index < -0.39 is 0 Å². The summed E-state index contributed by atoms with van der Waals surface area (Å²) in [5, 5.41) is 11.2. The van der Waals surface area contributed by atoms with Crippen molar-refractivity contribution < 1.29 is 5.11 Å². The van der Waals surface area contributed by atoms with Gasteiger partial charge in [-0.25, -0.2) is 0 Å². The van der Waals surface area contributed by atoms with Gasteiger partial charge in [0.1, 0.15) is 0 Å². The van der Waals surface area contributed by atoms with Gasteiger partial charge in [0.15, 0.2) is 0 Å². The van der Waals surface area contributed by atoms with Crippen LogP contribution in [0.4, 0.5) is 0 Å². The lowest BCUT2D eigenvalue weighted by Gasteiger charge is -2.13. The molecule has 0 saturated heterocycles. The van der Waals surface area contributed by atoms with Crippen LogP contribution in [-0.2, 0) is 6.42 Å². The van der Waals surface area contributed by atoms with E-state index in [1.807, 2.05) is 0 Å². The molecule has 0 spiro atoms. The summed E-state index contributed by atoms with van der Waals surface area (Å²) in [6.07, 6.45) is 6.34. The Bertz CT molecular complexity index is 529. The maximum absolute atomic E-state index is 9.90. The molecule has 0 bridgehead atoms. The molecule has 2 aromatic rings. The van der Waals surface area contributed by atoms with Crippen molar-refractivity contribution in [2.45, 2.75) is 38.7 Å². The Hall–Kier alpha value is -1.28. The predicted octanol–water partition coefficient (Wildman–Crippen LogP) is 3.18. The molecule has 1 heterocycles. The number of aromatic nitrogens is 1. The SMILES string of the molecule is Cc1cccc2c(CC3CCCC3O)c[nH]c12. The summed E-state index contributed by atoms with van der Waals surface area (Å²) in [6, 6.07) is 6.42. The molecular weight excluding hydrogens is 210 g/mol. The van der Waals surface area contributed by atoms with Gasteiger partial charge in [-0.15, -0.1) is 0 Å². The van der Waals surface area contributed by atoms with Crippen LogP contribution < -0.4 is 0 Å². The zero-order valence-corrected chi connectivity index (χ0v) is 10.2. The summed E-state index contributed by atoms with van der Waals surface area (Å²) in [5.41, 5.74) is 3.89. The molecule has 2 nitrogen and oxygen atoms in total. The fourth-order valence-electron chi connectivity index (χ4n) is 3.07. The molecule has 2 atom stereocenters. The molecule has 17 heavy (non-hydrogen) atoms. The monoisotopic (exact) mass is 229 g/mol. The molecule has 1 aliphatic carbocycles. The van der Waals surface area contributed by atoms with Crippen LogP contribution in [0, 0.1) is 12.8 Å². The average Bonchev–Trinajstić information content (AvgIpc) is 2.89. The number of aliphatic hydroxyl groups is 1. The van der Waals surface area contributed by atoms with Gasteiger partial charge in [-0.2, -0.15) is 0 Å². The van der Waals surface area contributed by atoms with Gasteiger partial charge in [-0.1, -0.05) is 24.6 Å². The van der Waals surface area contributed by atoms with Gasteiger partial charge in [0.05, 0.1) is 6.10 Å². The quantitative estimate of drug-likeness (QED) is 0.815. The second-order valence-electron chi connectivity index (χ2n) is 5.27. The summed E-state index contributed by atoms with van der Waals surface area (Å²) in [7, 11) is 0. The lowest BCUT2D eigenvalue weighted by Crippen LogP contribution is -2.15. The van der Waals surface area contributed by atoms with E-state index in [1.165, 1.54) is 34.9 Å². The first kappa shape index (κ1) is 10.8. The van der Waals surface area contributed by atoms with Crippen LogP contribution in [0.3, 0.4) is 0 Å². The Morgan fingerprint density at radius 1 is 1.35 bits per heavy atom. The van der Waals surface area contributed by atoms with E-state index in [1.54, 1.807) is 0 Å². The minimum absolute atomic E-state index is 0.0928. The number of nitrogens with one attached hydrogen (secondary N) is 1. The van der Waals surface area contributed by atoms with Gasteiger partial charge in [0.2, 0.25) is 0 Å². The van der Waals surface area contributed by atoms with E-state index >= 15 is 0 Å². The third kappa shape index (κ3) is 1.87. The van der Waals surface area contributed by atoms with Gasteiger partial charge < -0.3 is 10.1 Å². The summed E-state index contributed by atoms with van der Waals surface area (Å²) < 4.78 is 0. The molecule has 0 aliphatic heterocycles. The zero-order valence-electron chi connectivity index (χ0n) is 10.2. The lowest BCUT2D eigenvalue weighted by atomic mass is 9.95. The first-order valence-electron chi connectivity index (χ1n) is 6.49. The van der Waals surface area contributed by atoms with E-state index in [2.05, 4.69) is 36.3 Å². The molecule has 2 N–H and O–H groups in total. The topological polar surface area (TPSA) is 36.0 Å². The highest BCUT2D eigenvalue weighted by atomic mass is 16.3. The normalized spacial score (nSPS) is 24.6. The van der Waals surface area contributed by atoms with Crippen LogP contribution in [0.5, 0.6) is 0 Å². The zero-order chi connectivity index (χ0) is 11.8. The molecule has 0 radical (unpaired) electrons. The van der Waals surface area contributed by atoms with Gasteiger partial charge in [0.25, 0.3) is 0 Å². The predicted molar refractivity (Wildman–Crippen MR) is 70.1 cm³/mol. The second-order valence-corrected chi connectivity index (χ2v) is 5.27. The Morgan fingerprint density at radius 3 is 3.00 bits per heavy atom. The van der Waals surface area contributed by atoms with Crippen LogP contribution in [0.1, 0.15) is 30.4 Å². The van der Waals surface area contributed by atoms with E-state index in [0.717, 1.165) is 12.8 Å². The van der Waals surface area contributed by atoms with Crippen LogP contribution in [0.2, 0.25) is 0 Å². The molecule has 1 aromatic heterocycles. The Labute approximate surface area is 102 Å². The van der Waals surface area contributed by atoms with Crippen LogP contribution in [-0.4, -0.2) is 16.2 Å². The van der Waals surface area contributed by atoms with Crippen molar-refractivity contribution in [2.24, 2.45) is 5.92 Å².